The van der Waals surface area contributed by atoms with E-state index in [4.69, 9.17) is 21.1 Å². The molecular formula is C24H17ClN2O4. The number of halogens is 1. The molecule has 0 saturated carbocycles. The minimum Gasteiger partial charge on any atom is -0.497 e. The zero-order valence-corrected chi connectivity index (χ0v) is 17.2. The van der Waals surface area contributed by atoms with Gasteiger partial charge in [-0.3, -0.25) is 4.79 Å². The van der Waals surface area contributed by atoms with Gasteiger partial charge in [0, 0.05) is 10.7 Å². The molecule has 3 rings (SSSR count). The third-order valence-electron chi connectivity index (χ3n) is 4.17. The first-order chi connectivity index (χ1) is 15.0. The molecule has 0 atom stereocenters. The molecule has 154 valence electrons. The van der Waals surface area contributed by atoms with E-state index in [-0.39, 0.29) is 5.57 Å². The van der Waals surface area contributed by atoms with E-state index in [2.05, 4.69) is 5.32 Å². The van der Waals surface area contributed by atoms with Gasteiger partial charge in [0.25, 0.3) is 5.91 Å². The van der Waals surface area contributed by atoms with Gasteiger partial charge in [0.05, 0.1) is 12.7 Å². The van der Waals surface area contributed by atoms with Crippen molar-refractivity contribution in [1.82, 2.24) is 0 Å². The molecule has 0 spiro atoms. The highest BCUT2D eigenvalue weighted by Gasteiger charge is 2.11. The second-order valence-corrected chi connectivity index (χ2v) is 6.76. The van der Waals surface area contributed by atoms with E-state index in [1.807, 2.05) is 6.07 Å². The number of carbonyl (C=O) groups excluding carboxylic acids is 2. The number of carbonyl (C=O) groups is 2. The molecule has 1 amide bonds. The van der Waals surface area contributed by atoms with Gasteiger partial charge in [-0.05, 0) is 66.2 Å². The zero-order valence-electron chi connectivity index (χ0n) is 16.5. The fourth-order valence-electron chi connectivity index (χ4n) is 2.61. The van der Waals surface area contributed by atoms with Gasteiger partial charge in [0.1, 0.15) is 23.1 Å². The maximum atomic E-state index is 12.4. The average Bonchev–Trinajstić information content (AvgIpc) is 2.78. The van der Waals surface area contributed by atoms with Crippen LogP contribution in [-0.4, -0.2) is 19.0 Å². The molecule has 31 heavy (non-hydrogen) atoms. The quantitative estimate of drug-likeness (QED) is 0.253. The van der Waals surface area contributed by atoms with Crippen LogP contribution >= 0.6 is 11.6 Å². The van der Waals surface area contributed by atoms with Crippen LogP contribution in [0.25, 0.3) is 6.08 Å². The number of esters is 1. The number of nitrogens with one attached hydrogen (secondary N) is 1. The number of nitriles is 1. The normalized spacial score (nSPS) is 10.7. The fraction of sp³-hybridized carbons (Fsp3) is 0.0417. The molecule has 0 fully saturated rings. The van der Waals surface area contributed by atoms with Crippen molar-refractivity contribution >= 4 is 35.2 Å². The summed E-state index contributed by atoms with van der Waals surface area (Å²) >= 11 is 5.90. The Labute approximate surface area is 184 Å². The van der Waals surface area contributed by atoms with Gasteiger partial charge in [0.2, 0.25) is 0 Å². The Morgan fingerprint density at radius 3 is 2.29 bits per heavy atom. The highest BCUT2D eigenvalue weighted by molar-refractivity contribution is 6.31. The first-order valence-electron chi connectivity index (χ1n) is 9.13. The molecule has 3 aromatic carbocycles. The number of hydrogen-bond acceptors (Lipinski definition) is 5. The SMILES string of the molecule is COc1ccc(C(=O)Oc2ccc(/C=C(\C#N)C(=O)Nc3cccc(Cl)c3)cc2)cc1. The van der Waals surface area contributed by atoms with Crippen molar-refractivity contribution in [2.45, 2.75) is 0 Å². The summed E-state index contributed by atoms with van der Waals surface area (Å²) in [5.41, 5.74) is 1.39. The van der Waals surface area contributed by atoms with Crippen LogP contribution in [-0.2, 0) is 4.79 Å². The van der Waals surface area contributed by atoms with Crippen LogP contribution < -0.4 is 14.8 Å². The molecule has 0 aliphatic rings. The van der Waals surface area contributed by atoms with E-state index in [1.54, 1.807) is 79.9 Å². The van der Waals surface area contributed by atoms with Crippen molar-refractivity contribution in [1.29, 1.82) is 5.26 Å². The van der Waals surface area contributed by atoms with Crippen LogP contribution in [0.2, 0.25) is 5.02 Å². The molecule has 0 radical (unpaired) electrons. The number of benzene rings is 3. The van der Waals surface area contributed by atoms with Crippen LogP contribution in [0.1, 0.15) is 15.9 Å². The number of nitrogens with zero attached hydrogens (tertiary/aromatic N) is 1. The van der Waals surface area contributed by atoms with Crippen molar-refractivity contribution in [2.24, 2.45) is 0 Å². The Morgan fingerprint density at radius 2 is 1.68 bits per heavy atom. The largest absolute Gasteiger partial charge is 0.497 e. The minimum absolute atomic E-state index is 0.0806. The van der Waals surface area contributed by atoms with Gasteiger partial charge < -0.3 is 14.8 Å². The predicted molar refractivity (Wildman–Crippen MR) is 118 cm³/mol. The molecule has 0 bridgehead atoms. The zero-order chi connectivity index (χ0) is 22.2. The molecule has 1 N–H and O–H groups in total. The Bertz CT molecular complexity index is 1160. The third-order valence-corrected chi connectivity index (χ3v) is 4.41. The summed E-state index contributed by atoms with van der Waals surface area (Å²) in [4.78, 5) is 24.6. The topological polar surface area (TPSA) is 88.4 Å². The van der Waals surface area contributed by atoms with Crippen molar-refractivity contribution in [3.05, 3.63) is 94.5 Å². The molecule has 6 nitrogen and oxygen atoms in total. The Kier molecular flexibility index (Phi) is 7.05. The highest BCUT2D eigenvalue weighted by atomic mass is 35.5. The third kappa shape index (κ3) is 5.95. The van der Waals surface area contributed by atoms with E-state index in [0.717, 1.165) is 0 Å². The molecule has 0 saturated heterocycles. The van der Waals surface area contributed by atoms with Crippen LogP contribution in [0, 0.1) is 11.3 Å². The van der Waals surface area contributed by atoms with Crippen LogP contribution in [0.5, 0.6) is 11.5 Å². The maximum Gasteiger partial charge on any atom is 0.343 e. The lowest BCUT2D eigenvalue weighted by Gasteiger charge is -2.06. The summed E-state index contributed by atoms with van der Waals surface area (Å²) in [7, 11) is 1.54. The van der Waals surface area contributed by atoms with Gasteiger partial charge in [-0.2, -0.15) is 5.26 Å². The molecule has 0 unspecified atom stereocenters. The molecule has 7 heteroatoms. The fourth-order valence-corrected chi connectivity index (χ4v) is 2.80. The number of hydrogen-bond donors (Lipinski definition) is 1. The number of methoxy groups -OCH3 is 1. The number of rotatable bonds is 6. The second-order valence-electron chi connectivity index (χ2n) is 6.32. The van der Waals surface area contributed by atoms with Gasteiger partial charge in [0.15, 0.2) is 0 Å². The van der Waals surface area contributed by atoms with Gasteiger partial charge in [-0.25, -0.2) is 4.79 Å². The van der Waals surface area contributed by atoms with E-state index in [1.165, 1.54) is 6.08 Å². The van der Waals surface area contributed by atoms with Crippen LogP contribution in [0.3, 0.4) is 0 Å². The molecule has 0 aliphatic carbocycles. The molecular weight excluding hydrogens is 416 g/mol. The van der Waals surface area contributed by atoms with Gasteiger partial charge in [-0.15, -0.1) is 0 Å². The van der Waals surface area contributed by atoms with Gasteiger partial charge in [-0.1, -0.05) is 29.8 Å². The lowest BCUT2D eigenvalue weighted by Crippen LogP contribution is -2.13. The Morgan fingerprint density at radius 1 is 1.00 bits per heavy atom. The molecule has 3 aromatic rings. The van der Waals surface area contributed by atoms with E-state index >= 15 is 0 Å². The van der Waals surface area contributed by atoms with E-state index < -0.39 is 11.9 Å². The first-order valence-corrected chi connectivity index (χ1v) is 9.51. The lowest BCUT2D eigenvalue weighted by molar-refractivity contribution is -0.112. The average molecular weight is 433 g/mol. The van der Waals surface area contributed by atoms with Crippen molar-refractivity contribution < 1.29 is 19.1 Å². The summed E-state index contributed by atoms with van der Waals surface area (Å²) in [5.74, 6) is -0.0930. The van der Waals surface area contributed by atoms with Gasteiger partial charge >= 0.3 is 5.97 Å². The molecule has 0 aromatic heterocycles. The summed E-state index contributed by atoms with van der Waals surface area (Å²) in [6.07, 6.45) is 1.44. The standard InChI is InChI=1S/C24H17ClN2O4/c1-30-21-11-7-17(8-12-21)24(29)31-22-9-5-16(6-10-22)13-18(15-26)23(28)27-20-4-2-3-19(25)14-20/h2-14H,1H3,(H,27,28)/b18-13+. The number of amides is 1. The number of ether oxygens (including phenoxy) is 2. The summed E-state index contributed by atoms with van der Waals surface area (Å²) in [6, 6.07) is 21.5. The predicted octanol–water partition coefficient (Wildman–Crippen LogP) is 5.11. The van der Waals surface area contributed by atoms with E-state index in [0.29, 0.717) is 33.3 Å². The van der Waals surface area contributed by atoms with Crippen molar-refractivity contribution in [3.8, 4) is 17.6 Å². The lowest BCUT2D eigenvalue weighted by atomic mass is 10.1. The molecule has 0 heterocycles. The highest BCUT2D eigenvalue weighted by Crippen LogP contribution is 2.19. The smallest absolute Gasteiger partial charge is 0.343 e. The summed E-state index contributed by atoms with van der Waals surface area (Å²) in [5, 5.41) is 12.4. The summed E-state index contributed by atoms with van der Waals surface area (Å²) in [6.45, 7) is 0. The maximum absolute atomic E-state index is 12.4. The first kappa shape index (κ1) is 21.6. The van der Waals surface area contributed by atoms with Crippen LogP contribution in [0.4, 0.5) is 5.69 Å². The van der Waals surface area contributed by atoms with E-state index in [9.17, 15) is 14.9 Å². The second kappa shape index (κ2) is 10.1. The number of anilines is 1. The monoisotopic (exact) mass is 432 g/mol. The molecule has 0 aliphatic heterocycles. The van der Waals surface area contributed by atoms with Crippen molar-refractivity contribution in [2.75, 3.05) is 12.4 Å². The Hall–Kier alpha value is -4.08. The van der Waals surface area contributed by atoms with Crippen LogP contribution in [0.15, 0.2) is 78.4 Å². The summed E-state index contributed by atoms with van der Waals surface area (Å²) < 4.78 is 10.4. The van der Waals surface area contributed by atoms with Crippen molar-refractivity contribution in [3.63, 3.8) is 0 Å². The minimum atomic E-state index is -0.556. The Balaban J connectivity index is 1.67.